The molecule has 3 atom stereocenters. The van der Waals surface area contributed by atoms with E-state index >= 15 is 0 Å². The summed E-state index contributed by atoms with van der Waals surface area (Å²) in [6.45, 7) is 9.11. The van der Waals surface area contributed by atoms with Crippen LogP contribution in [-0.2, 0) is 0 Å². The predicted octanol–water partition coefficient (Wildman–Crippen LogP) is 3.87. The van der Waals surface area contributed by atoms with E-state index in [9.17, 15) is 0 Å². The highest BCUT2D eigenvalue weighted by molar-refractivity contribution is 5.20. The first-order valence-electron chi connectivity index (χ1n) is 7.95. The summed E-state index contributed by atoms with van der Waals surface area (Å²) in [7, 11) is 0. The zero-order valence-corrected chi connectivity index (χ0v) is 13.0. The van der Waals surface area contributed by atoms with E-state index in [0.717, 1.165) is 24.8 Å². The molecule has 3 rings (SSSR count). The van der Waals surface area contributed by atoms with Gasteiger partial charge in [-0.1, -0.05) is 39.0 Å². The first-order chi connectivity index (χ1) is 9.54. The third kappa shape index (κ3) is 2.14. The molecule has 1 aromatic carbocycles. The summed E-state index contributed by atoms with van der Waals surface area (Å²) in [6.07, 6.45) is 4.14. The second-order valence-electron chi connectivity index (χ2n) is 7.28. The first kappa shape index (κ1) is 13.9. The maximum atomic E-state index is 5.77. The van der Waals surface area contributed by atoms with Gasteiger partial charge in [0.25, 0.3) is 0 Å². The molecule has 1 aromatic rings. The van der Waals surface area contributed by atoms with Crippen LogP contribution in [0.15, 0.2) is 30.3 Å². The van der Waals surface area contributed by atoms with Gasteiger partial charge in [0.2, 0.25) is 0 Å². The Labute approximate surface area is 122 Å². The van der Waals surface area contributed by atoms with Crippen LogP contribution in [0.1, 0.15) is 40.0 Å². The molecule has 2 aliphatic carbocycles. The van der Waals surface area contributed by atoms with Gasteiger partial charge in [-0.05, 0) is 48.1 Å². The molecule has 0 aromatic heterocycles. The Morgan fingerprint density at radius 3 is 2.55 bits per heavy atom. The lowest BCUT2D eigenvalue weighted by molar-refractivity contribution is 0.119. The van der Waals surface area contributed by atoms with E-state index in [4.69, 9.17) is 4.74 Å². The summed E-state index contributed by atoms with van der Waals surface area (Å²) < 4.78 is 5.77. The molecular formula is C18H27NO. The van der Waals surface area contributed by atoms with Gasteiger partial charge in [0.15, 0.2) is 0 Å². The van der Waals surface area contributed by atoms with Crippen LogP contribution in [0.25, 0.3) is 0 Å². The summed E-state index contributed by atoms with van der Waals surface area (Å²) in [5, 5.41) is 3.75. The lowest BCUT2D eigenvalue weighted by Crippen LogP contribution is -2.45. The summed E-state index contributed by atoms with van der Waals surface area (Å²) in [4.78, 5) is 0. The molecular weight excluding hydrogens is 246 g/mol. The minimum absolute atomic E-state index is 0.463. The Morgan fingerprint density at radius 1 is 1.20 bits per heavy atom. The Balaban J connectivity index is 1.49. The normalized spacial score (nSPS) is 34.4. The van der Waals surface area contributed by atoms with E-state index in [1.165, 1.54) is 19.3 Å². The second kappa shape index (κ2) is 5.07. The van der Waals surface area contributed by atoms with Crippen LogP contribution in [-0.4, -0.2) is 19.2 Å². The topological polar surface area (TPSA) is 21.3 Å². The second-order valence-corrected chi connectivity index (χ2v) is 7.28. The smallest absolute Gasteiger partial charge is 0.119 e. The molecule has 3 unspecified atom stereocenters. The Bertz CT molecular complexity index is 456. The third-order valence-corrected chi connectivity index (χ3v) is 6.30. The van der Waals surface area contributed by atoms with Gasteiger partial charge < -0.3 is 10.1 Å². The fourth-order valence-electron chi connectivity index (χ4n) is 4.43. The van der Waals surface area contributed by atoms with Crippen LogP contribution < -0.4 is 10.1 Å². The van der Waals surface area contributed by atoms with E-state index in [1.54, 1.807) is 0 Å². The summed E-state index contributed by atoms with van der Waals surface area (Å²) in [5.41, 5.74) is 0.954. The average Bonchev–Trinajstić information content (AvgIpc) is 2.78. The highest BCUT2D eigenvalue weighted by Gasteiger charge is 2.60. The number of nitrogens with one attached hydrogen (secondary N) is 1. The molecule has 110 valence electrons. The number of para-hydroxylation sites is 1. The quantitative estimate of drug-likeness (QED) is 0.822. The van der Waals surface area contributed by atoms with Gasteiger partial charge in [0.1, 0.15) is 12.4 Å². The summed E-state index contributed by atoms with van der Waals surface area (Å²) in [6, 6.07) is 10.7. The number of hydrogen-bond acceptors (Lipinski definition) is 2. The summed E-state index contributed by atoms with van der Waals surface area (Å²) in [5.74, 6) is 1.87. The van der Waals surface area contributed by atoms with Gasteiger partial charge in [-0.3, -0.25) is 0 Å². The van der Waals surface area contributed by atoms with Gasteiger partial charge in [-0.2, -0.15) is 0 Å². The van der Waals surface area contributed by atoms with Crippen LogP contribution in [0.5, 0.6) is 5.75 Å². The molecule has 0 spiro atoms. The molecule has 2 bridgehead atoms. The van der Waals surface area contributed by atoms with Crippen molar-refractivity contribution in [2.24, 2.45) is 16.7 Å². The van der Waals surface area contributed by atoms with Crippen molar-refractivity contribution in [3.8, 4) is 5.75 Å². The van der Waals surface area contributed by atoms with E-state index in [2.05, 4.69) is 26.1 Å². The van der Waals surface area contributed by atoms with E-state index in [1.807, 2.05) is 30.3 Å². The molecule has 0 amide bonds. The largest absolute Gasteiger partial charge is 0.492 e. The van der Waals surface area contributed by atoms with Crippen molar-refractivity contribution < 1.29 is 4.74 Å². The van der Waals surface area contributed by atoms with E-state index < -0.39 is 0 Å². The Morgan fingerprint density at radius 2 is 1.95 bits per heavy atom. The number of benzene rings is 1. The van der Waals surface area contributed by atoms with Gasteiger partial charge in [-0.25, -0.2) is 0 Å². The van der Waals surface area contributed by atoms with Crippen LogP contribution in [0, 0.1) is 16.7 Å². The SMILES string of the molecule is CC1(C)C2CCC1(C)C(NCCOc1ccccc1)C2. The fraction of sp³-hybridized carbons (Fsp3) is 0.667. The van der Waals surface area contributed by atoms with Crippen molar-refractivity contribution in [3.05, 3.63) is 30.3 Å². The zero-order valence-electron chi connectivity index (χ0n) is 13.0. The lowest BCUT2D eigenvalue weighted by Gasteiger charge is -2.39. The standard InChI is InChI=1S/C18H27NO/c1-17(2)14-9-10-18(17,3)16(13-14)19-11-12-20-15-7-5-4-6-8-15/h4-8,14,16,19H,9-13H2,1-3H3. The minimum atomic E-state index is 0.463. The highest BCUT2D eigenvalue weighted by atomic mass is 16.5. The van der Waals surface area contributed by atoms with Crippen molar-refractivity contribution >= 4 is 0 Å². The van der Waals surface area contributed by atoms with Gasteiger partial charge >= 0.3 is 0 Å². The maximum Gasteiger partial charge on any atom is 0.119 e. The predicted molar refractivity (Wildman–Crippen MR) is 83.0 cm³/mol. The van der Waals surface area contributed by atoms with Crippen molar-refractivity contribution in [2.45, 2.75) is 46.1 Å². The molecule has 1 N–H and O–H groups in total. The molecule has 2 fully saturated rings. The molecule has 2 nitrogen and oxygen atoms in total. The zero-order chi connectivity index (χ0) is 14.2. The fourth-order valence-corrected chi connectivity index (χ4v) is 4.43. The monoisotopic (exact) mass is 273 g/mol. The number of ether oxygens (including phenoxy) is 1. The Hall–Kier alpha value is -1.02. The van der Waals surface area contributed by atoms with Crippen molar-refractivity contribution in [1.82, 2.24) is 5.32 Å². The molecule has 2 saturated carbocycles. The van der Waals surface area contributed by atoms with Gasteiger partial charge in [0, 0.05) is 12.6 Å². The van der Waals surface area contributed by atoms with Crippen LogP contribution in [0.2, 0.25) is 0 Å². The molecule has 0 heterocycles. The third-order valence-electron chi connectivity index (χ3n) is 6.30. The maximum absolute atomic E-state index is 5.77. The number of fused-ring (bicyclic) bond motifs is 2. The van der Waals surface area contributed by atoms with Gasteiger partial charge in [0.05, 0.1) is 0 Å². The molecule has 2 heteroatoms. The van der Waals surface area contributed by atoms with E-state index in [0.29, 0.717) is 16.9 Å². The average molecular weight is 273 g/mol. The van der Waals surface area contributed by atoms with Crippen molar-refractivity contribution in [2.75, 3.05) is 13.2 Å². The summed E-state index contributed by atoms with van der Waals surface area (Å²) >= 11 is 0. The highest BCUT2D eigenvalue weighted by Crippen LogP contribution is 2.65. The number of hydrogen-bond donors (Lipinski definition) is 1. The number of rotatable bonds is 5. The molecule has 20 heavy (non-hydrogen) atoms. The van der Waals surface area contributed by atoms with E-state index in [-0.39, 0.29) is 0 Å². The lowest BCUT2D eigenvalue weighted by atomic mass is 9.69. The van der Waals surface area contributed by atoms with Crippen LogP contribution in [0.3, 0.4) is 0 Å². The van der Waals surface area contributed by atoms with Gasteiger partial charge in [-0.15, -0.1) is 0 Å². The first-order valence-corrected chi connectivity index (χ1v) is 7.95. The van der Waals surface area contributed by atoms with Crippen LogP contribution in [0.4, 0.5) is 0 Å². The van der Waals surface area contributed by atoms with Crippen molar-refractivity contribution in [3.63, 3.8) is 0 Å². The van der Waals surface area contributed by atoms with Crippen molar-refractivity contribution in [1.29, 1.82) is 0 Å². The minimum Gasteiger partial charge on any atom is -0.492 e. The Kier molecular flexibility index (Phi) is 3.53. The molecule has 0 aliphatic heterocycles. The molecule has 0 saturated heterocycles. The molecule has 0 radical (unpaired) electrons. The van der Waals surface area contributed by atoms with Crippen LogP contribution >= 0.6 is 0 Å². The molecule has 2 aliphatic rings.